The topological polar surface area (TPSA) is 80.4 Å². The minimum atomic E-state index is -3.45. The van der Waals surface area contributed by atoms with Crippen LogP contribution in [0.4, 0.5) is 0 Å². The maximum Gasteiger partial charge on any atom is 0.242 e. The van der Waals surface area contributed by atoms with Gasteiger partial charge in [-0.15, -0.1) is 0 Å². The fraction of sp³-hybridized carbons (Fsp3) is 0.692. The standard InChI is InChI=1S/C13H22N4O2S/c1-16-8-12(6-11(16)7-14)20(18,19)15-13-9-17-4-2-10(13)3-5-17/h6,8,10,13,15H,2-5,7,9,14H2,1H3. The summed E-state index contributed by atoms with van der Waals surface area (Å²) >= 11 is 0. The van der Waals surface area contributed by atoms with Gasteiger partial charge in [0, 0.05) is 38.1 Å². The first-order valence-corrected chi connectivity index (χ1v) is 8.58. The molecular weight excluding hydrogens is 276 g/mol. The number of aryl methyl sites for hydroxylation is 1. The van der Waals surface area contributed by atoms with E-state index < -0.39 is 10.0 Å². The fourth-order valence-corrected chi connectivity index (χ4v) is 4.68. The predicted molar refractivity (Wildman–Crippen MR) is 76.6 cm³/mol. The molecule has 0 aromatic carbocycles. The van der Waals surface area contributed by atoms with Crippen molar-refractivity contribution in [1.29, 1.82) is 0 Å². The summed E-state index contributed by atoms with van der Waals surface area (Å²) in [6.45, 7) is 3.38. The average Bonchev–Trinajstić information content (AvgIpc) is 2.82. The molecule has 1 atom stereocenters. The molecule has 4 heterocycles. The van der Waals surface area contributed by atoms with Gasteiger partial charge < -0.3 is 15.2 Å². The highest BCUT2D eigenvalue weighted by atomic mass is 32.2. The van der Waals surface area contributed by atoms with Gasteiger partial charge in [0.1, 0.15) is 0 Å². The summed E-state index contributed by atoms with van der Waals surface area (Å²) in [7, 11) is -1.63. The molecular formula is C13H22N4O2S. The maximum absolute atomic E-state index is 12.5. The van der Waals surface area contributed by atoms with E-state index in [1.165, 1.54) is 0 Å². The zero-order chi connectivity index (χ0) is 14.3. The highest BCUT2D eigenvalue weighted by molar-refractivity contribution is 7.89. The summed E-state index contributed by atoms with van der Waals surface area (Å²) in [5, 5.41) is 0. The second-order valence-corrected chi connectivity index (χ2v) is 7.56. The summed E-state index contributed by atoms with van der Waals surface area (Å²) in [5.41, 5.74) is 6.42. The second kappa shape index (κ2) is 5.14. The third kappa shape index (κ3) is 2.50. The highest BCUT2D eigenvalue weighted by Gasteiger charge is 2.36. The van der Waals surface area contributed by atoms with Crippen LogP contribution < -0.4 is 10.5 Å². The number of aromatic nitrogens is 1. The smallest absolute Gasteiger partial charge is 0.242 e. The van der Waals surface area contributed by atoms with Gasteiger partial charge in [-0.05, 0) is 37.9 Å². The average molecular weight is 298 g/mol. The van der Waals surface area contributed by atoms with Crippen LogP contribution in [0.2, 0.25) is 0 Å². The number of sulfonamides is 1. The number of hydrogen-bond acceptors (Lipinski definition) is 4. The van der Waals surface area contributed by atoms with Crippen LogP contribution in [0.15, 0.2) is 17.2 Å². The molecule has 1 unspecified atom stereocenters. The molecule has 3 fully saturated rings. The van der Waals surface area contributed by atoms with E-state index in [1.54, 1.807) is 16.8 Å². The Morgan fingerprint density at radius 1 is 1.40 bits per heavy atom. The van der Waals surface area contributed by atoms with Gasteiger partial charge in [0.2, 0.25) is 10.0 Å². The van der Waals surface area contributed by atoms with Crippen LogP contribution in [0.3, 0.4) is 0 Å². The SMILES string of the molecule is Cn1cc(S(=O)(=O)NC2CN3CCC2CC3)cc1CN. The van der Waals surface area contributed by atoms with Crippen LogP contribution in [0.25, 0.3) is 0 Å². The van der Waals surface area contributed by atoms with E-state index >= 15 is 0 Å². The first-order chi connectivity index (χ1) is 9.49. The zero-order valence-electron chi connectivity index (χ0n) is 11.7. The zero-order valence-corrected chi connectivity index (χ0v) is 12.6. The van der Waals surface area contributed by atoms with Crippen molar-refractivity contribution in [2.75, 3.05) is 19.6 Å². The van der Waals surface area contributed by atoms with Crippen molar-refractivity contribution >= 4 is 10.0 Å². The second-order valence-electron chi connectivity index (χ2n) is 5.85. The molecule has 3 saturated heterocycles. The Bertz CT molecular complexity index is 588. The van der Waals surface area contributed by atoms with E-state index in [2.05, 4.69) is 9.62 Å². The molecule has 6 nitrogen and oxygen atoms in total. The van der Waals surface area contributed by atoms with E-state index in [9.17, 15) is 8.42 Å². The van der Waals surface area contributed by atoms with Gasteiger partial charge in [-0.25, -0.2) is 13.1 Å². The van der Waals surface area contributed by atoms with Crippen molar-refractivity contribution in [1.82, 2.24) is 14.2 Å². The van der Waals surface area contributed by atoms with Crippen LogP contribution >= 0.6 is 0 Å². The Morgan fingerprint density at radius 2 is 2.10 bits per heavy atom. The number of nitrogens with one attached hydrogen (secondary N) is 1. The molecule has 0 saturated carbocycles. The summed E-state index contributed by atoms with van der Waals surface area (Å²) in [4.78, 5) is 2.65. The molecule has 3 aliphatic rings. The van der Waals surface area contributed by atoms with Gasteiger partial charge in [0.05, 0.1) is 4.90 Å². The van der Waals surface area contributed by atoms with Crippen LogP contribution in [0.1, 0.15) is 18.5 Å². The molecule has 7 heteroatoms. The number of hydrogen-bond donors (Lipinski definition) is 2. The molecule has 4 rings (SSSR count). The lowest BCUT2D eigenvalue weighted by Crippen LogP contribution is -2.57. The monoisotopic (exact) mass is 298 g/mol. The molecule has 3 aliphatic heterocycles. The van der Waals surface area contributed by atoms with Crippen LogP contribution in [0.5, 0.6) is 0 Å². The van der Waals surface area contributed by atoms with E-state index in [-0.39, 0.29) is 6.04 Å². The highest BCUT2D eigenvalue weighted by Crippen LogP contribution is 2.28. The van der Waals surface area contributed by atoms with Crippen molar-refractivity contribution in [2.45, 2.75) is 30.3 Å². The third-order valence-corrected chi connectivity index (χ3v) is 6.02. The number of rotatable bonds is 4. The summed E-state index contributed by atoms with van der Waals surface area (Å²) < 4.78 is 29.6. The molecule has 3 N–H and O–H groups in total. The Balaban J connectivity index is 1.78. The molecule has 2 bridgehead atoms. The summed E-state index contributed by atoms with van der Waals surface area (Å²) in [6.07, 6.45) is 3.82. The van der Waals surface area contributed by atoms with Gasteiger partial charge in [0.15, 0.2) is 0 Å². The molecule has 1 aromatic rings. The van der Waals surface area contributed by atoms with Gasteiger partial charge in [-0.1, -0.05) is 0 Å². The van der Waals surface area contributed by atoms with Crippen molar-refractivity contribution < 1.29 is 8.42 Å². The Kier molecular flexibility index (Phi) is 3.62. The van der Waals surface area contributed by atoms with Crippen LogP contribution in [0, 0.1) is 5.92 Å². The summed E-state index contributed by atoms with van der Waals surface area (Å²) in [5.74, 6) is 0.479. The van der Waals surface area contributed by atoms with E-state index in [0.717, 1.165) is 38.2 Å². The van der Waals surface area contributed by atoms with Gasteiger partial charge in [-0.2, -0.15) is 0 Å². The Labute approximate surface area is 120 Å². The molecule has 0 spiro atoms. The first-order valence-electron chi connectivity index (χ1n) is 7.09. The number of fused-ring (bicyclic) bond motifs is 3. The summed E-state index contributed by atoms with van der Waals surface area (Å²) in [6, 6.07) is 1.70. The lowest BCUT2D eigenvalue weighted by atomic mass is 9.85. The quantitative estimate of drug-likeness (QED) is 0.810. The van der Waals surface area contributed by atoms with E-state index in [1.807, 2.05) is 7.05 Å². The molecule has 112 valence electrons. The van der Waals surface area contributed by atoms with Crippen molar-refractivity contribution in [2.24, 2.45) is 18.7 Å². The lowest BCUT2D eigenvalue weighted by molar-refractivity contribution is 0.0827. The number of nitrogens with zero attached hydrogens (tertiary/aromatic N) is 2. The van der Waals surface area contributed by atoms with Crippen molar-refractivity contribution in [3.8, 4) is 0 Å². The molecule has 0 amide bonds. The van der Waals surface area contributed by atoms with Crippen LogP contribution in [-0.4, -0.2) is 43.6 Å². The molecule has 0 aliphatic carbocycles. The van der Waals surface area contributed by atoms with Crippen LogP contribution in [-0.2, 0) is 23.6 Å². The number of nitrogens with two attached hydrogens (primary N) is 1. The first kappa shape index (κ1) is 14.1. The molecule has 1 aromatic heterocycles. The largest absolute Gasteiger partial charge is 0.352 e. The molecule has 0 radical (unpaired) electrons. The van der Waals surface area contributed by atoms with Gasteiger partial charge in [0.25, 0.3) is 0 Å². The fourth-order valence-electron chi connectivity index (χ4n) is 3.29. The van der Waals surface area contributed by atoms with Gasteiger partial charge >= 0.3 is 0 Å². The maximum atomic E-state index is 12.5. The normalized spacial score (nSPS) is 29.8. The van der Waals surface area contributed by atoms with E-state index in [0.29, 0.717) is 17.4 Å². The van der Waals surface area contributed by atoms with Gasteiger partial charge in [-0.3, -0.25) is 0 Å². The Hall–Kier alpha value is -0.890. The third-order valence-electron chi connectivity index (χ3n) is 4.56. The minimum absolute atomic E-state index is 0.0454. The Morgan fingerprint density at radius 3 is 2.60 bits per heavy atom. The van der Waals surface area contributed by atoms with E-state index in [4.69, 9.17) is 5.73 Å². The van der Waals surface area contributed by atoms with Crippen molar-refractivity contribution in [3.63, 3.8) is 0 Å². The lowest BCUT2D eigenvalue weighted by Gasteiger charge is -2.44. The molecule has 20 heavy (non-hydrogen) atoms. The van der Waals surface area contributed by atoms with Crippen molar-refractivity contribution in [3.05, 3.63) is 18.0 Å². The predicted octanol–water partition coefficient (Wildman–Crippen LogP) is -0.144. The minimum Gasteiger partial charge on any atom is -0.352 e. The number of piperidine rings is 3.